The van der Waals surface area contributed by atoms with Crippen LogP contribution in [0.3, 0.4) is 0 Å². The van der Waals surface area contributed by atoms with Gasteiger partial charge in [-0.3, -0.25) is 0 Å². The lowest BCUT2D eigenvalue weighted by Crippen LogP contribution is -2.26. The van der Waals surface area contributed by atoms with E-state index < -0.39 is 0 Å². The normalized spacial score (nSPS) is 12.8. The summed E-state index contributed by atoms with van der Waals surface area (Å²) in [4.78, 5) is 0. The fraction of sp³-hybridized carbons (Fsp3) is 0.400. The molecule has 1 atom stereocenters. The first-order valence-corrected chi connectivity index (χ1v) is 4.45. The van der Waals surface area contributed by atoms with Crippen molar-refractivity contribution < 1.29 is 4.39 Å². The highest BCUT2D eigenvalue weighted by atomic mass is 19.1. The summed E-state index contributed by atoms with van der Waals surface area (Å²) >= 11 is 0. The molecule has 1 rings (SSSR count). The first-order chi connectivity index (χ1) is 6.24. The molecule has 0 fully saturated rings. The highest BCUT2D eigenvalue weighted by Gasteiger charge is 2.04. The van der Waals surface area contributed by atoms with Crippen molar-refractivity contribution in [3.63, 3.8) is 0 Å². The zero-order chi connectivity index (χ0) is 9.68. The largest absolute Gasteiger partial charge is 0.323 e. The molecule has 13 heavy (non-hydrogen) atoms. The van der Waals surface area contributed by atoms with E-state index in [1.807, 2.05) is 13.0 Å². The van der Waals surface area contributed by atoms with Crippen LogP contribution in [-0.2, 0) is 0 Å². The maximum absolute atomic E-state index is 12.8. The molecule has 3 N–H and O–H groups in total. The maximum Gasteiger partial charge on any atom is 0.123 e. The summed E-state index contributed by atoms with van der Waals surface area (Å²) in [5.74, 6) is -0.232. The van der Waals surface area contributed by atoms with Gasteiger partial charge in [0.25, 0.3) is 0 Å². The van der Waals surface area contributed by atoms with Gasteiger partial charge < -0.3 is 11.1 Å². The van der Waals surface area contributed by atoms with Crippen LogP contribution in [0.15, 0.2) is 24.3 Å². The Balaban J connectivity index is 2.60. The van der Waals surface area contributed by atoms with Gasteiger partial charge in [0.2, 0.25) is 0 Å². The predicted molar refractivity (Wildman–Crippen MR) is 51.9 cm³/mol. The minimum Gasteiger partial charge on any atom is -0.323 e. The lowest BCUT2D eigenvalue weighted by Gasteiger charge is -2.11. The predicted octanol–water partition coefficient (Wildman–Crippen LogP) is 1.43. The van der Waals surface area contributed by atoms with E-state index in [0.29, 0.717) is 6.54 Å². The van der Waals surface area contributed by atoms with Crippen LogP contribution in [0.25, 0.3) is 0 Å². The summed E-state index contributed by atoms with van der Waals surface area (Å²) in [5.41, 5.74) is 6.66. The Morgan fingerprint density at radius 3 is 2.92 bits per heavy atom. The van der Waals surface area contributed by atoms with E-state index in [2.05, 4.69) is 5.32 Å². The van der Waals surface area contributed by atoms with Crippen molar-refractivity contribution in [3.05, 3.63) is 35.6 Å². The lowest BCUT2D eigenvalue weighted by molar-refractivity contribution is 0.597. The van der Waals surface area contributed by atoms with Crippen molar-refractivity contribution in [3.8, 4) is 0 Å². The molecule has 3 heteroatoms. The molecule has 0 aliphatic carbocycles. The van der Waals surface area contributed by atoms with Gasteiger partial charge in [-0.1, -0.05) is 19.1 Å². The highest BCUT2D eigenvalue weighted by Crippen LogP contribution is 2.10. The van der Waals surface area contributed by atoms with E-state index in [9.17, 15) is 4.39 Å². The van der Waals surface area contributed by atoms with Gasteiger partial charge in [-0.2, -0.15) is 0 Å². The van der Waals surface area contributed by atoms with Crippen LogP contribution in [-0.4, -0.2) is 13.1 Å². The Bertz CT molecular complexity index is 263. The van der Waals surface area contributed by atoms with Gasteiger partial charge in [-0.05, 0) is 24.2 Å². The van der Waals surface area contributed by atoms with E-state index in [0.717, 1.165) is 12.1 Å². The third-order valence-corrected chi connectivity index (χ3v) is 1.89. The quantitative estimate of drug-likeness (QED) is 0.739. The number of nitrogens with two attached hydrogens (primary N) is 1. The lowest BCUT2D eigenvalue weighted by atomic mass is 10.1. The van der Waals surface area contributed by atoms with Crippen molar-refractivity contribution in [1.82, 2.24) is 5.32 Å². The maximum atomic E-state index is 12.8. The minimum atomic E-state index is -0.232. The van der Waals surface area contributed by atoms with Gasteiger partial charge in [-0.25, -0.2) is 4.39 Å². The Morgan fingerprint density at radius 2 is 2.31 bits per heavy atom. The first-order valence-electron chi connectivity index (χ1n) is 4.45. The number of hydrogen-bond donors (Lipinski definition) is 2. The van der Waals surface area contributed by atoms with Crippen molar-refractivity contribution in [2.75, 3.05) is 13.1 Å². The summed E-state index contributed by atoms with van der Waals surface area (Å²) in [6, 6.07) is 6.28. The van der Waals surface area contributed by atoms with Gasteiger partial charge in [0.05, 0.1) is 0 Å². The topological polar surface area (TPSA) is 38.0 Å². The summed E-state index contributed by atoms with van der Waals surface area (Å²) in [6.07, 6.45) is 0. The molecule has 0 saturated carbocycles. The van der Waals surface area contributed by atoms with E-state index in [4.69, 9.17) is 5.73 Å². The molecule has 0 heterocycles. The second-order valence-corrected chi connectivity index (χ2v) is 2.97. The summed E-state index contributed by atoms with van der Waals surface area (Å²) in [5, 5.41) is 3.12. The van der Waals surface area contributed by atoms with Gasteiger partial charge >= 0.3 is 0 Å². The molecule has 2 nitrogen and oxygen atoms in total. The number of likely N-dealkylation sites (N-methyl/N-ethyl adjacent to an activating group) is 1. The molecule has 0 spiro atoms. The Morgan fingerprint density at radius 1 is 1.54 bits per heavy atom. The molecule has 0 aromatic heterocycles. The van der Waals surface area contributed by atoms with Gasteiger partial charge in [0, 0.05) is 12.6 Å². The zero-order valence-corrected chi connectivity index (χ0v) is 7.76. The number of hydrogen-bond acceptors (Lipinski definition) is 2. The van der Waals surface area contributed by atoms with Crippen molar-refractivity contribution in [2.45, 2.75) is 13.0 Å². The Hall–Kier alpha value is -0.930. The fourth-order valence-corrected chi connectivity index (χ4v) is 1.15. The Kier molecular flexibility index (Phi) is 3.86. The van der Waals surface area contributed by atoms with Crippen LogP contribution >= 0.6 is 0 Å². The van der Waals surface area contributed by atoms with E-state index in [1.54, 1.807) is 6.07 Å². The van der Waals surface area contributed by atoms with Crippen molar-refractivity contribution >= 4 is 0 Å². The van der Waals surface area contributed by atoms with Gasteiger partial charge in [0.1, 0.15) is 5.82 Å². The van der Waals surface area contributed by atoms with Crippen LogP contribution < -0.4 is 11.1 Å². The number of benzene rings is 1. The van der Waals surface area contributed by atoms with E-state index in [1.165, 1.54) is 12.1 Å². The summed E-state index contributed by atoms with van der Waals surface area (Å²) in [6.45, 7) is 3.57. The molecule has 0 radical (unpaired) electrons. The standard InChI is InChI=1S/C10H15FN2/c1-2-13-7-10(12)8-4-3-5-9(11)6-8/h3-6,10,13H,2,7,12H2,1H3. The number of nitrogens with one attached hydrogen (secondary N) is 1. The molecular formula is C10H15FN2. The van der Waals surface area contributed by atoms with E-state index >= 15 is 0 Å². The minimum absolute atomic E-state index is 0.129. The SMILES string of the molecule is CCNCC(N)c1cccc(F)c1. The molecule has 0 bridgehead atoms. The van der Waals surface area contributed by atoms with Crippen LogP contribution in [0.1, 0.15) is 18.5 Å². The monoisotopic (exact) mass is 182 g/mol. The molecule has 72 valence electrons. The van der Waals surface area contributed by atoms with Gasteiger partial charge in [-0.15, -0.1) is 0 Å². The fourth-order valence-electron chi connectivity index (χ4n) is 1.15. The van der Waals surface area contributed by atoms with Gasteiger partial charge in [0.15, 0.2) is 0 Å². The summed E-state index contributed by atoms with van der Waals surface area (Å²) in [7, 11) is 0. The second-order valence-electron chi connectivity index (χ2n) is 2.97. The highest BCUT2D eigenvalue weighted by molar-refractivity contribution is 5.19. The third kappa shape index (κ3) is 3.13. The van der Waals surface area contributed by atoms with Crippen LogP contribution in [0, 0.1) is 5.82 Å². The van der Waals surface area contributed by atoms with Crippen LogP contribution in [0.5, 0.6) is 0 Å². The molecular weight excluding hydrogens is 167 g/mol. The summed E-state index contributed by atoms with van der Waals surface area (Å²) < 4.78 is 12.8. The third-order valence-electron chi connectivity index (χ3n) is 1.89. The zero-order valence-electron chi connectivity index (χ0n) is 7.76. The van der Waals surface area contributed by atoms with Crippen molar-refractivity contribution in [2.24, 2.45) is 5.73 Å². The molecule has 1 unspecified atom stereocenters. The van der Waals surface area contributed by atoms with Crippen LogP contribution in [0.4, 0.5) is 4.39 Å². The molecule has 0 aliphatic rings. The van der Waals surface area contributed by atoms with E-state index in [-0.39, 0.29) is 11.9 Å². The molecule has 0 amide bonds. The average Bonchev–Trinajstić information content (AvgIpc) is 2.14. The number of halogens is 1. The van der Waals surface area contributed by atoms with Crippen molar-refractivity contribution in [1.29, 1.82) is 0 Å². The average molecular weight is 182 g/mol. The molecule has 1 aromatic rings. The molecule has 1 aromatic carbocycles. The number of rotatable bonds is 4. The second kappa shape index (κ2) is 4.94. The molecule has 0 aliphatic heterocycles. The smallest absolute Gasteiger partial charge is 0.123 e. The Labute approximate surface area is 77.9 Å². The molecule has 0 saturated heterocycles. The first kappa shape index (κ1) is 10.2. The van der Waals surface area contributed by atoms with Crippen LogP contribution in [0.2, 0.25) is 0 Å².